The zero-order chi connectivity index (χ0) is 24.4. The molecule has 0 spiro atoms. The molecule has 0 fully saturated rings. The highest BCUT2D eigenvalue weighted by Gasteiger charge is 2.22. The molecule has 34 heavy (non-hydrogen) atoms. The highest BCUT2D eigenvalue weighted by atomic mass is 16.6. The molecule has 4 aromatic rings. The molecule has 1 unspecified atom stereocenters. The van der Waals surface area contributed by atoms with Crippen molar-refractivity contribution >= 4 is 22.6 Å². The summed E-state index contributed by atoms with van der Waals surface area (Å²) in [6.45, 7) is 5.65. The topological polar surface area (TPSA) is 130 Å². The van der Waals surface area contributed by atoms with Gasteiger partial charge < -0.3 is 14.5 Å². The maximum atomic E-state index is 13.0. The molecular formula is C24H22N4O6. The fraction of sp³-hybridized carbons (Fsp3) is 0.208. The van der Waals surface area contributed by atoms with Crippen LogP contribution in [0.2, 0.25) is 0 Å². The van der Waals surface area contributed by atoms with Crippen molar-refractivity contribution in [2.45, 2.75) is 26.8 Å². The number of hydrogen-bond acceptors (Lipinski definition) is 7. The van der Waals surface area contributed by atoms with Gasteiger partial charge in [-0.05, 0) is 39.0 Å². The fourth-order valence-electron chi connectivity index (χ4n) is 3.62. The van der Waals surface area contributed by atoms with Gasteiger partial charge >= 0.3 is 0 Å². The number of ether oxygens (including phenoxy) is 1. The summed E-state index contributed by atoms with van der Waals surface area (Å²) in [6, 6.07) is 13.9. The molecule has 0 aliphatic carbocycles. The van der Waals surface area contributed by atoms with E-state index in [1.165, 1.54) is 28.9 Å². The third kappa shape index (κ3) is 4.25. The van der Waals surface area contributed by atoms with Crippen molar-refractivity contribution in [1.82, 2.24) is 15.1 Å². The van der Waals surface area contributed by atoms with Crippen molar-refractivity contribution in [3.05, 3.63) is 92.1 Å². The van der Waals surface area contributed by atoms with Gasteiger partial charge in [-0.2, -0.15) is 5.10 Å². The van der Waals surface area contributed by atoms with Crippen molar-refractivity contribution in [3.63, 3.8) is 0 Å². The second kappa shape index (κ2) is 9.18. The molecule has 2 aromatic carbocycles. The first-order valence-electron chi connectivity index (χ1n) is 10.6. The summed E-state index contributed by atoms with van der Waals surface area (Å²) in [7, 11) is 0. The largest absolute Gasteiger partial charge is 0.490 e. The van der Waals surface area contributed by atoms with Gasteiger partial charge in [-0.1, -0.05) is 24.3 Å². The molecule has 1 amide bonds. The van der Waals surface area contributed by atoms with Gasteiger partial charge in [0.05, 0.1) is 17.6 Å². The molecule has 0 saturated carbocycles. The number of rotatable bonds is 7. The Hall–Kier alpha value is -4.47. The molecule has 174 valence electrons. The van der Waals surface area contributed by atoms with E-state index >= 15 is 0 Å². The molecule has 2 heterocycles. The van der Waals surface area contributed by atoms with Crippen LogP contribution >= 0.6 is 0 Å². The smallest absolute Gasteiger partial charge is 0.294 e. The number of furan rings is 1. The number of benzene rings is 2. The molecule has 0 aliphatic rings. The van der Waals surface area contributed by atoms with Gasteiger partial charge in [-0.25, -0.2) is 4.68 Å². The van der Waals surface area contributed by atoms with Crippen LogP contribution in [0.5, 0.6) is 5.75 Å². The van der Waals surface area contributed by atoms with Gasteiger partial charge in [-0.15, -0.1) is 0 Å². The van der Waals surface area contributed by atoms with E-state index in [9.17, 15) is 19.7 Å². The van der Waals surface area contributed by atoms with Crippen LogP contribution in [0, 0.1) is 17.0 Å². The van der Waals surface area contributed by atoms with Crippen LogP contribution in [0.3, 0.4) is 0 Å². The number of carbonyl (C=O) groups is 1. The van der Waals surface area contributed by atoms with E-state index in [-0.39, 0.29) is 17.1 Å². The summed E-state index contributed by atoms with van der Waals surface area (Å²) >= 11 is 0. The fourth-order valence-corrected chi connectivity index (χ4v) is 3.62. The number of nitro groups is 1. The molecule has 1 N–H and O–H groups in total. The number of hydrogen-bond donors (Lipinski definition) is 1. The van der Waals surface area contributed by atoms with E-state index in [2.05, 4.69) is 10.4 Å². The lowest BCUT2D eigenvalue weighted by atomic mass is 10.2. The molecule has 1 atom stereocenters. The van der Waals surface area contributed by atoms with E-state index in [4.69, 9.17) is 9.15 Å². The quantitative estimate of drug-likeness (QED) is 0.323. The van der Waals surface area contributed by atoms with Gasteiger partial charge in [0.15, 0.2) is 17.0 Å². The number of aryl methyl sites for hydroxylation is 1. The van der Waals surface area contributed by atoms with Crippen LogP contribution in [-0.4, -0.2) is 27.2 Å². The zero-order valence-electron chi connectivity index (χ0n) is 18.8. The van der Waals surface area contributed by atoms with Crippen LogP contribution in [0.25, 0.3) is 16.7 Å². The Morgan fingerprint density at radius 2 is 2.00 bits per heavy atom. The Morgan fingerprint density at radius 1 is 1.24 bits per heavy atom. The molecule has 2 aromatic heterocycles. The number of carbonyl (C=O) groups excluding carboxylic acids is 1. The van der Waals surface area contributed by atoms with Gasteiger partial charge in [-0.3, -0.25) is 19.7 Å². The molecule has 0 aliphatic heterocycles. The minimum Gasteiger partial charge on any atom is -0.490 e. The predicted molar refractivity (Wildman–Crippen MR) is 124 cm³/mol. The van der Waals surface area contributed by atoms with Crippen LogP contribution in [-0.2, 0) is 0 Å². The normalized spacial score (nSPS) is 11.9. The second-order valence-corrected chi connectivity index (χ2v) is 7.61. The summed E-state index contributed by atoms with van der Waals surface area (Å²) in [5, 5.41) is 19.1. The highest BCUT2D eigenvalue weighted by molar-refractivity contribution is 5.92. The molecule has 0 saturated heterocycles. The number of nitrogens with zero attached hydrogens (tertiary/aromatic N) is 3. The lowest BCUT2D eigenvalue weighted by molar-refractivity contribution is -0.384. The zero-order valence-corrected chi connectivity index (χ0v) is 18.8. The first-order chi connectivity index (χ1) is 16.3. The van der Waals surface area contributed by atoms with Crippen molar-refractivity contribution in [1.29, 1.82) is 0 Å². The van der Waals surface area contributed by atoms with Crippen LogP contribution < -0.4 is 15.5 Å². The summed E-state index contributed by atoms with van der Waals surface area (Å²) in [5.74, 6) is 0.342. The van der Waals surface area contributed by atoms with Crippen molar-refractivity contribution < 1.29 is 18.9 Å². The van der Waals surface area contributed by atoms with Crippen LogP contribution in [0.1, 0.15) is 41.8 Å². The van der Waals surface area contributed by atoms with Crippen molar-refractivity contribution in [2.24, 2.45) is 0 Å². The summed E-state index contributed by atoms with van der Waals surface area (Å²) in [5.41, 5.74) is -0.124. The number of para-hydroxylation sites is 3. The van der Waals surface area contributed by atoms with Crippen LogP contribution in [0.4, 0.5) is 5.69 Å². The third-order valence-electron chi connectivity index (χ3n) is 5.23. The number of nitro benzene ring substituents is 1. The average molecular weight is 462 g/mol. The molecular weight excluding hydrogens is 440 g/mol. The predicted octanol–water partition coefficient (Wildman–Crippen LogP) is 4.09. The summed E-state index contributed by atoms with van der Waals surface area (Å²) in [6.07, 6.45) is 0. The summed E-state index contributed by atoms with van der Waals surface area (Å²) < 4.78 is 12.7. The monoisotopic (exact) mass is 462 g/mol. The number of nitrogens with one attached hydrogen (secondary N) is 1. The first kappa shape index (κ1) is 22.7. The van der Waals surface area contributed by atoms with Crippen molar-refractivity contribution in [3.8, 4) is 11.4 Å². The number of amides is 1. The minimum atomic E-state index is -0.727. The van der Waals surface area contributed by atoms with Gasteiger partial charge in [0.2, 0.25) is 5.43 Å². The summed E-state index contributed by atoms with van der Waals surface area (Å²) in [4.78, 5) is 36.4. The Morgan fingerprint density at radius 3 is 2.74 bits per heavy atom. The Kier molecular flexibility index (Phi) is 6.13. The lowest BCUT2D eigenvalue weighted by Crippen LogP contribution is -2.33. The average Bonchev–Trinajstić information content (AvgIpc) is 3.25. The standard InChI is InChI=1S/C24H22N4O6/c1-4-33-20-11-7-8-16-13-21(34-23(16)20)15(3)25-24(30)22-19(29)12-14(2)27(26-22)17-9-5-6-10-18(17)28(31)32/h5-13,15H,4H2,1-3H3,(H,25,30). The Balaban J connectivity index is 1.66. The maximum Gasteiger partial charge on any atom is 0.294 e. The second-order valence-electron chi connectivity index (χ2n) is 7.61. The lowest BCUT2D eigenvalue weighted by Gasteiger charge is -2.13. The Bertz CT molecular complexity index is 1460. The minimum absolute atomic E-state index is 0.146. The van der Waals surface area contributed by atoms with E-state index in [0.717, 1.165) is 5.39 Å². The highest BCUT2D eigenvalue weighted by Crippen LogP contribution is 2.31. The van der Waals surface area contributed by atoms with Crippen molar-refractivity contribution in [2.75, 3.05) is 6.61 Å². The van der Waals surface area contributed by atoms with Gasteiger partial charge in [0, 0.05) is 23.2 Å². The molecule has 4 rings (SSSR count). The molecule has 10 heteroatoms. The van der Waals surface area contributed by atoms with Gasteiger partial charge in [0.25, 0.3) is 11.6 Å². The molecule has 10 nitrogen and oxygen atoms in total. The van der Waals surface area contributed by atoms with E-state index in [0.29, 0.717) is 29.4 Å². The SMILES string of the molecule is CCOc1cccc2cc(C(C)NC(=O)c3nn(-c4ccccc4[N+](=O)[O-])c(C)cc3=O)oc12. The number of aromatic nitrogens is 2. The number of fused-ring (bicyclic) bond motifs is 1. The maximum absolute atomic E-state index is 13.0. The first-order valence-corrected chi connectivity index (χ1v) is 10.6. The molecule has 0 bridgehead atoms. The molecule has 0 radical (unpaired) electrons. The Labute approximate surface area is 193 Å². The van der Waals surface area contributed by atoms with E-state index in [1.54, 1.807) is 32.0 Å². The third-order valence-corrected chi connectivity index (χ3v) is 5.23. The van der Waals surface area contributed by atoms with Crippen LogP contribution in [0.15, 0.2) is 63.8 Å². The van der Waals surface area contributed by atoms with E-state index < -0.39 is 22.3 Å². The van der Waals surface area contributed by atoms with Gasteiger partial charge in [0.1, 0.15) is 11.4 Å². The van der Waals surface area contributed by atoms with E-state index in [1.807, 2.05) is 19.1 Å².